The molecule has 1 N–H and O–H groups in total. The van der Waals surface area contributed by atoms with Crippen LogP contribution in [0, 0.1) is 5.92 Å². The first-order valence-corrected chi connectivity index (χ1v) is 8.51. The molecule has 0 saturated heterocycles. The van der Waals surface area contributed by atoms with Gasteiger partial charge in [0.15, 0.2) is 0 Å². The summed E-state index contributed by atoms with van der Waals surface area (Å²) in [5.74, 6) is 2.16. The zero-order valence-electron chi connectivity index (χ0n) is 14.8. The fourth-order valence-corrected chi connectivity index (χ4v) is 2.61. The molecular formula is C17H29N5O. The highest BCUT2D eigenvalue weighted by atomic mass is 16.1. The Hall–Kier alpha value is -1.69. The molecule has 0 unspecified atom stereocenters. The minimum Gasteiger partial charge on any atom is -0.355 e. The van der Waals surface area contributed by atoms with Crippen molar-refractivity contribution in [3.63, 3.8) is 0 Å². The van der Waals surface area contributed by atoms with Crippen LogP contribution < -0.4 is 5.32 Å². The van der Waals surface area contributed by atoms with Gasteiger partial charge in [-0.25, -0.2) is 0 Å². The van der Waals surface area contributed by atoms with E-state index in [2.05, 4.69) is 44.9 Å². The quantitative estimate of drug-likeness (QED) is 0.806. The number of rotatable bonds is 6. The lowest BCUT2D eigenvalue weighted by atomic mass is 10.2. The lowest BCUT2D eigenvalue weighted by Crippen LogP contribution is -2.30. The molecule has 0 saturated carbocycles. The third-order valence-electron chi connectivity index (χ3n) is 4.13. The molecule has 1 aromatic heterocycles. The molecule has 0 spiro atoms. The van der Waals surface area contributed by atoms with Gasteiger partial charge in [0, 0.05) is 51.5 Å². The normalized spacial score (nSPS) is 15.2. The van der Waals surface area contributed by atoms with E-state index in [1.54, 1.807) is 0 Å². The van der Waals surface area contributed by atoms with Gasteiger partial charge in [0.05, 0.1) is 0 Å². The van der Waals surface area contributed by atoms with Gasteiger partial charge in [-0.3, -0.25) is 9.69 Å². The fraction of sp³-hybridized carbons (Fsp3) is 0.706. The molecule has 2 heterocycles. The van der Waals surface area contributed by atoms with Crippen molar-refractivity contribution < 1.29 is 4.79 Å². The minimum atomic E-state index is 0.0224. The number of carbonyl (C=O) groups excluding carboxylic acids is 1. The van der Waals surface area contributed by atoms with Crippen LogP contribution in [0.5, 0.6) is 0 Å². The molecule has 0 aliphatic carbocycles. The van der Waals surface area contributed by atoms with Crippen molar-refractivity contribution in [1.29, 1.82) is 0 Å². The monoisotopic (exact) mass is 319 g/mol. The minimum absolute atomic E-state index is 0.0224. The van der Waals surface area contributed by atoms with E-state index in [4.69, 9.17) is 0 Å². The van der Waals surface area contributed by atoms with Gasteiger partial charge in [-0.1, -0.05) is 25.5 Å². The van der Waals surface area contributed by atoms with Crippen LogP contribution in [-0.4, -0.2) is 51.8 Å². The van der Waals surface area contributed by atoms with E-state index in [0.29, 0.717) is 6.54 Å². The number of nitrogens with one attached hydrogen (secondary N) is 1. The molecule has 1 aromatic rings. The summed E-state index contributed by atoms with van der Waals surface area (Å²) in [6.07, 6.45) is 3.94. The van der Waals surface area contributed by atoms with Crippen LogP contribution in [0.2, 0.25) is 0 Å². The molecule has 23 heavy (non-hydrogen) atoms. The number of hydrogen-bond acceptors (Lipinski definition) is 4. The van der Waals surface area contributed by atoms with Gasteiger partial charge in [-0.05, 0) is 13.8 Å². The summed E-state index contributed by atoms with van der Waals surface area (Å²) in [5.41, 5.74) is 1.36. The second-order valence-corrected chi connectivity index (χ2v) is 6.71. The van der Waals surface area contributed by atoms with Crippen molar-refractivity contribution in [2.75, 3.05) is 26.2 Å². The maximum Gasteiger partial charge on any atom is 0.222 e. The lowest BCUT2D eigenvalue weighted by molar-refractivity contribution is -0.123. The van der Waals surface area contributed by atoms with Crippen molar-refractivity contribution in [3.05, 3.63) is 23.3 Å². The fourth-order valence-electron chi connectivity index (χ4n) is 2.61. The van der Waals surface area contributed by atoms with Crippen molar-refractivity contribution in [1.82, 2.24) is 25.0 Å². The number of amides is 1. The molecule has 0 radical (unpaired) electrons. The Morgan fingerprint density at radius 3 is 2.74 bits per heavy atom. The van der Waals surface area contributed by atoms with E-state index in [9.17, 15) is 4.79 Å². The molecule has 0 bridgehead atoms. The van der Waals surface area contributed by atoms with E-state index in [0.717, 1.165) is 50.7 Å². The Morgan fingerprint density at radius 1 is 1.26 bits per heavy atom. The Morgan fingerprint density at radius 2 is 2.04 bits per heavy atom. The van der Waals surface area contributed by atoms with Gasteiger partial charge in [-0.15, -0.1) is 10.2 Å². The molecule has 128 valence electrons. The zero-order valence-corrected chi connectivity index (χ0v) is 14.8. The highest BCUT2D eigenvalue weighted by Gasteiger charge is 2.18. The van der Waals surface area contributed by atoms with Gasteiger partial charge in [-0.2, -0.15) is 0 Å². The number of fused-ring (bicyclic) bond motifs is 1. The number of aromatic nitrogens is 3. The first-order valence-electron chi connectivity index (χ1n) is 8.51. The summed E-state index contributed by atoms with van der Waals surface area (Å²) < 4.78 is 2.23. The summed E-state index contributed by atoms with van der Waals surface area (Å²) in [6.45, 7) is 12.7. The van der Waals surface area contributed by atoms with E-state index in [-0.39, 0.29) is 11.8 Å². The summed E-state index contributed by atoms with van der Waals surface area (Å²) in [5, 5.41) is 11.6. The van der Waals surface area contributed by atoms with Crippen LogP contribution in [-0.2, 0) is 24.2 Å². The second-order valence-electron chi connectivity index (χ2n) is 6.71. The summed E-state index contributed by atoms with van der Waals surface area (Å²) >= 11 is 0. The van der Waals surface area contributed by atoms with Gasteiger partial charge in [0.1, 0.15) is 11.6 Å². The van der Waals surface area contributed by atoms with Crippen molar-refractivity contribution in [3.8, 4) is 0 Å². The highest BCUT2D eigenvalue weighted by Crippen LogP contribution is 2.10. The van der Waals surface area contributed by atoms with Crippen molar-refractivity contribution >= 4 is 5.91 Å². The zero-order chi connectivity index (χ0) is 16.8. The molecule has 6 heteroatoms. The maximum absolute atomic E-state index is 11.6. The molecule has 0 atom stereocenters. The van der Waals surface area contributed by atoms with Crippen LogP contribution in [0.4, 0.5) is 0 Å². The van der Waals surface area contributed by atoms with Crippen LogP contribution >= 0.6 is 0 Å². The summed E-state index contributed by atoms with van der Waals surface area (Å²) in [4.78, 5) is 14.1. The van der Waals surface area contributed by atoms with E-state index in [1.807, 2.05) is 13.8 Å². The average Bonchev–Trinajstić information content (AvgIpc) is 2.76. The van der Waals surface area contributed by atoms with Gasteiger partial charge in [0.25, 0.3) is 0 Å². The molecule has 1 aliphatic heterocycles. The SMILES string of the molecule is CC(C)=CCN1CCc2nnc(CCNC(=O)C(C)C)n2CC1. The summed E-state index contributed by atoms with van der Waals surface area (Å²) in [6, 6.07) is 0. The maximum atomic E-state index is 11.6. The molecule has 1 aliphatic rings. The van der Waals surface area contributed by atoms with Gasteiger partial charge < -0.3 is 9.88 Å². The van der Waals surface area contributed by atoms with E-state index < -0.39 is 0 Å². The third-order valence-corrected chi connectivity index (χ3v) is 4.13. The lowest BCUT2D eigenvalue weighted by Gasteiger charge is -2.17. The standard InChI is InChI=1S/C17H29N5O/c1-13(2)6-9-21-10-7-16-20-19-15(22(16)12-11-21)5-8-18-17(23)14(3)4/h6,14H,5,7-12H2,1-4H3,(H,18,23). The number of carbonyl (C=O) groups is 1. The molecule has 0 aromatic carbocycles. The Balaban J connectivity index is 1.89. The van der Waals surface area contributed by atoms with Gasteiger partial charge >= 0.3 is 0 Å². The number of allylic oxidation sites excluding steroid dienone is 1. The van der Waals surface area contributed by atoms with Crippen LogP contribution in [0.1, 0.15) is 39.3 Å². The predicted octanol–water partition coefficient (Wildman–Crippen LogP) is 1.42. The van der Waals surface area contributed by atoms with Crippen LogP contribution in [0.3, 0.4) is 0 Å². The predicted molar refractivity (Wildman–Crippen MR) is 91.1 cm³/mol. The molecule has 6 nitrogen and oxygen atoms in total. The second kappa shape index (κ2) is 8.24. The topological polar surface area (TPSA) is 63.1 Å². The number of hydrogen-bond donors (Lipinski definition) is 1. The van der Waals surface area contributed by atoms with Gasteiger partial charge in [0.2, 0.25) is 5.91 Å². The number of nitrogens with zero attached hydrogens (tertiary/aromatic N) is 4. The molecule has 2 rings (SSSR count). The molecular weight excluding hydrogens is 290 g/mol. The Labute approximate surface area is 139 Å². The average molecular weight is 319 g/mol. The molecule has 1 amide bonds. The van der Waals surface area contributed by atoms with Crippen LogP contribution in [0.25, 0.3) is 0 Å². The third kappa shape index (κ3) is 5.16. The summed E-state index contributed by atoms with van der Waals surface area (Å²) in [7, 11) is 0. The smallest absolute Gasteiger partial charge is 0.222 e. The van der Waals surface area contributed by atoms with Crippen molar-refractivity contribution in [2.45, 2.75) is 47.1 Å². The van der Waals surface area contributed by atoms with Crippen molar-refractivity contribution in [2.24, 2.45) is 5.92 Å². The van der Waals surface area contributed by atoms with E-state index in [1.165, 1.54) is 5.57 Å². The Kier molecular flexibility index (Phi) is 6.33. The highest BCUT2D eigenvalue weighted by molar-refractivity contribution is 5.77. The molecule has 0 fully saturated rings. The first-order chi connectivity index (χ1) is 11.0. The Bertz CT molecular complexity index is 557. The largest absolute Gasteiger partial charge is 0.355 e. The first kappa shape index (κ1) is 17.7. The van der Waals surface area contributed by atoms with Crippen LogP contribution in [0.15, 0.2) is 11.6 Å². The van der Waals surface area contributed by atoms with E-state index >= 15 is 0 Å².